The number of carbonyl (C=O) groups excluding carboxylic acids is 1. The van der Waals surface area contributed by atoms with Crippen LogP contribution in [0.2, 0.25) is 0 Å². The molecule has 0 saturated carbocycles. The minimum Gasteiger partial charge on any atom is -0.489 e. The molecule has 5 aromatic rings. The van der Waals surface area contributed by atoms with Crippen LogP contribution in [0.3, 0.4) is 0 Å². The number of carbonyl (C=O) groups is 2. The maximum atomic E-state index is 12.5. The molecule has 0 radical (unpaired) electrons. The molecule has 1 heterocycles. The summed E-state index contributed by atoms with van der Waals surface area (Å²) in [4.78, 5) is 28.2. The molecular formula is C32H26N4O4S. The summed E-state index contributed by atoms with van der Waals surface area (Å²) in [5.74, 6) is -0.620. The van der Waals surface area contributed by atoms with Gasteiger partial charge in [0, 0.05) is 22.2 Å². The van der Waals surface area contributed by atoms with E-state index in [1.54, 1.807) is 54.7 Å². The van der Waals surface area contributed by atoms with Crippen molar-refractivity contribution in [2.45, 2.75) is 13.5 Å². The monoisotopic (exact) mass is 562 g/mol. The molecule has 9 heteroatoms. The number of rotatable bonds is 10. The van der Waals surface area contributed by atoms with Crippen molar-refractivity contribution in [1.29, 1.82) is 0 Å². The highest BCUT2D eigenvalue weighted by Crippen LogP contribution is 2.27. The number of nitrogens with one attached hydrogen (secondary N) is 2. The topological polar surface area (TPSA) is 113 Å². The minimum atomic E-state index is -0.961. The summed E-state index contributed by atoms with van der Waals surface area (Å²) >= 11 is 1.52. The Morgan fingerprint density at radius 1 is 0.902 bits per heavy atom. The first-order valence-electron chi connectivity index (χ1n) is 12.7. The Labute approximate surface area is 241 Å². The summed E-state index contributed by atoms with van der Waals surface area (Å²) in [5.41, 5.74) is 8.85. The molecule has 0 spiro atoms. The second kappa shape index (κ2) is 12.7. The second-order valence-electron chi connectivity index (χ2n) is 9.17. The van der Waals surface area contributed by atoms with Crippen molar-refractivity contribution >= 4 is 40.2 Å². The molecule has 1 aromatic heterocycles. The van der Waals surface area contributed by atoms with Gasteiger partial charge in [-0.15, -0.1) is 11.3 Å². The Bertz CT molecular complexity index is 1660. The van der Waals surface area contributed by atoms with E-state index in [-0.39, 0.29) is 11.5 Å². The average molecular weight is 563 g/mol. The highest BCUT2D eigenvalue weighted by atomic mass is 32.1. The Balaban J connectivity index is 1.10. The van der Waals surface area contributed by atoms with Gasteiger partial charge in [0.05, 0.1) is 17.5 Å². The van der Waals surface area contributed by atoms with Crippen LogP contribution in [0.5, 0.6) is 5.75 Å². The summed E-state index contributed by atoms with van der Waals surface area (Å²) in [6, 6.07) is 29.1. The van der Waals surface area contributed by atoms with Crippen molar-refractivity contribution < 1.29 is 19.4 Å². The van der Waals surface area contributed by atoms with Gasteiger partial charge in [-0.05, 0) is 78.7 Å². The number of nitrogens with zero attached hydrogens (tertiary/aromatic N) is 2. The Morgan fingerprint density at radius 2 is 1.59 bits per heavy atom. The average Bonchev–Trinajstić information content (AvgIpc) is 3.46. The first kappa shape index (κ1) is 27.3. The largest absolute Gasteiger partial charge is 0.489 e. The number of aromatic nitrogens is 1. The van der Waals surface area contributed by atoms with Crippen molar-refractivity contribution in [2.75, 3.05) is 5.32 Å². The summed E-state index contributed by atoms with van der Waals surface area (Å²) in [5, 5.41) is 19.1. The van der Waals surface area contributed by atoms with Gasteiger partial charge in [-0.2, -0.15) is 5.10 Å². The van der Waals surface area contributed by atoms with E-state index in [2.05, 4.69) is 20.8 Å². The molecule has 0 atom stereocenters. The zero-order valence-corrected chi connectivity index (χ0v) is 22.9. The van der Waals surface area contributed by atoms with Crippen molar-refractivity contribution in [3.8, 4) is 17.0 Å². The lowest BCUT2D eigenvalue weighted by atomic mass is 10.1. The number of benzene rings is 4. The lowest BCUT2D eigenvalue weighted by molar-refractivity contribution is 0.0696. The van der Waals surface area contributed by atoms with Gasteiger partial charge in [-0.3, -0.25) is 4.79 Å². The number of thiazole rings is 1. The molecular weight excluding hydrogens is 536 g/mol. The number of carboxylic acid groups (broad SMARTS) is 1. The van der Waals surface area contributed by atoms with Crippen LogP contribution in [-0.2, 0) is 6.61 Å². The van der Waals surface area contributed by atoms with E-state index in [1.807, 2.05) is 60.8 Å². The molecule has 0 aliphatic carbocycles. The molecule has 0 saturated heterocycles. The number of aryl methyl sites for hydroxylation is 1. The van der Waals surface area contributed by atoms with Crippen LogP contribution in [0, 0.1) is 6.92 Å². The van der Waals surface area contributed by atoms with Crippen LogP contribution in [0.4, 0.5) is 10.8 Å². The van der Waals surface area contributed by atoms with Gasteiger partial charge in [0.2, 0.25) is 0 Å². The SMILES string of the molecule is Cc1ccc(Nc2nc(-c3ccc(C(=O)N/N=C\c4ccc(OCc5ccc(C(=O)O)cc5)cc4)cc3)cs2)cc1. The van der Waals surface area contributed by atoms with Crippen molar-refractivity contribution in [1.82, 2.24) is 10.4 Å². The number of aromatic carboxylic acids is 1. The molecule has 1 amide bonds. The van der Waals surface area contributed by atoms with Crippen LogP contribution < -0.4 is 15.5 Å². The van der Waals surface area contributed by atoms with E-state index in [0.29, 0.717) is 17.9 Å². The van der Waals surface area contributed by atoms with Crippen LogP contribution in [-0.4, -0.2) is 28.2 Å². The van der Waals surface area contributed by atoms with Crippen LogP contribution >= 0.6 is 11.3 Å². The number of amides is 1. The molecule has 0 unspecified atom stereocenters. The standard InChI is InChI=1S/C32H26N4O4S/c1-21-2-14-27(15-3-21)34-32-35-29(20-41-32)24-10-12-25(13-11-24)30(37)36-33-18-22-6-16-28(17-7-22)40-19-23-4-8-26(9-5-23)31(38)39/h2-18,20H,19H2,1H3,(H,34,35)(H,36,37)(H,38,39)/b33-18-. The van der Waals surface area contributed by atoms with Crippen molar-refractivity contribution in [2.24, 2.45) is 5.10 Å². The molecule has 204 valence electrons. The lowest BCUT2D eigenvalue weighted by Crippen LogP contribution is -2.17. The lowest BCUT2D eigenvalue weighted by Gasteiger charge is -2.07. The van der Waals surface area contributed by atoms with Gasteiger partial charge in [-0.25, -0.2) is 15.2 Å². The third-order valence-corrected chi connectivity index (χ3v) is 6.87. The summed E-state index contributed by atoms with van der Waals surface area (Å²) in [6.07, 6.45) is 1.55. The molecule has 8 nitrogen and oxygen atoms in total. The van der Waals surface area contributed by atoms with E-state index in [0.717, 1.165) is 33.2 Å². The highest BCUT2D eigenvalue weighted by Gasteiger charge is 2.08. The van der Waals surface area contributed by atoms with Gasteiger partial charge in [0.15, 0.2) is 5.13 Å². The molecule has 0 aliphatic rings. The quantitative estimate of drug-likeness (QED) is 0.126. The fourth-order valence-corrected chi connectivity index (χ4v) is 4.55. The molecule has 3 N–H and O–H groups in total. The Kier molecular flexibility index (Phi) is 8.46. The fourth-order valence-electron chi connectivity index (χ4n) is 3.81. The third kappa shape index (κ3) is 7.43. The van der Waals surface area contributed by atoms with Gasteiger partial charge >= 0.3 is 5.97 Å². The fraction of sp³-hybridized carbons (Fsp3) is 0.0625. The molecule has 0 fully saturated rings. The van der Waals surface area contributed by atoms with E-state index in [1.165, 1.54) is 16.9 Å². The minimum absolute atomic E-state index is 0.234. The third-order valence-electron chi connectivity index (χ3n) is 6.12. The number of hydrogen-bond donors (Lipinski definition) is 3. The zero-order chi connectivity index (χ0) is 28.6. The van der Waals surface area contributed by atoms with Crippen LogP contribution in [0.15, 0.2) is 108 Å². The molecule has 5 rings (SSSR count). The smallest absolute Gasteiger partial charge is 0.335 e. The first-order chi connectivity index (χ1) is 19.9. The van der Waals surface area contributed by atoms with E-state index in [9.17, 15) is 9.59 Å². The number of hydrogen-bond acceptors (Lipinski definition) is 7. The van der Waals surface area contributed by atoms with Crippen molar-refractivity contribution in [3.63, 3.8) is 0 Å². The van der Waals surface area contributed by atoms with Gasteiger partial charge in [-0.1, -0.05) is 42.0 Å². The normalized spacial score (nSPS) is 10.9. The van der Waals surface area contributed by atoms with E-state index in [4.69, 9.17) is 9.84 Å². The number of hydrazone groups is 1. The maximum absolute atomic E-state index is 12.5. The first-order valence-corrected chi connectivity index (χ1v) is 13.6. The Morgan fingerprint density at radius 3 is 2.27 bits per heavy atom. The molecule has 0 bridgehead atoms. The Hall–Kier alpha value is -5.28. The summed E-state index contributed by atoms with van der Waals surface area (Å²) in [6.45, 7) is 2.37. The highest BCUT2D eigenvalue weighted by molar-refractivity contribution is 7.14. The summed E-state index contributed by atoms with van der Waals surface area (Å²) < 4.78 is 5.75. The second-order valence-corrected chi connectivity index (χ2v) is 10.0. The molecule has 4 aromatic carbocycles. The zero-order valence-electron chi connectivity index (χ0n) is 22.1. The number of carboxylic acids is 1. The van der Waals surface area contributed by atoms with Gasteiger partial charge in [0.25, 0.3) is 5.91 Å². The van der Waals surface area contributed by atoms with Gasteiger partial charge < -0.3 is 15.2 Å². The number of ether oxygens (including phenoxy) is 1. The molecule has 41 heavy (non-hydrogen) atoms. The van der Waals surface area contributed by atoms with Crippen LogP contribution in [0.25, 0.3) is 11.3 Å². The molecule has 0 aliphatic heterocycles. The van der Waals surface area contributed by atoms with Crippen molar-refractivity contribution in [3.05, 3.63) is 130 Å². The van der Waals surface area contributed by atoms with E-state index < -0.39 is 5.97 Å². The predicted molar refractivity (Wildman–Crippen MR) is 161 cm³/mol. The van der Waals surface area contributed by atoms with E-state index >= 15 is 0 Å². The number of anilines is 2. The summed E-state index contributed by atoms with van der Waals surface area (Å²) in [7, 11) is 0. The van der Waals surface area contributed by atoms with Crippen LogP contribution in [0.1, 0.15) is 37.4 Å². The maximum Gasteiger partial charge on any atom is 0.335 e. The van der Waals surface area contributed by atoms with Gasteiger partial charge in [0.1, 0.15) is 12.4 Å². The predicted octanol–water partition coefficient (Wildman–Crippen LogP) is 6.90.